The largest absolute Gasteiger partial charge is 0.434 e. The second-order valence-corrected chi connectivity index (χ2v) is 4.19. The summed E-state index contributed by atoms with van der Waals surface area (Å²) in [7, 11) is 1.50. The van der Waals surface area contributed by atoms with E-state index in [9.17, 15) is 10.1 Å². The zero-order chi connectivity index (χ0) is 15.1. The lowest BCUT2D eigenvalue weighted by Crippen LogP contribution is -2.15. The van der Waals surface area contributed by atoms with Gasteiger partial charge in [-0.05, 0) is 17.1 Å². The molecule has 0 aliphatic rings. The molecule has 0 unspecified atom stereocenters. The molecule has 3 aromatic heterocycles. The van der Waals surface area contributed by atoms with E-state index in [1.54, 1.807) is 12.1 Å². The normalized spacial score (nSPS) is 10.9. The van der Waals surface area contributed by atoms with E-state index in [0.29, 0.717) is 11.3 Å². The highest BCUT2D eigenvalue weighted by Gasteiger charge is 2.23. The number of amidine groups is 1. The Morgan fingerprint density at radius 1 is 1.43 bits per heavy atom. The number of aromatic nitrogens is 6. The van der Waals surface area contributed by atoms with E-state index < -0.39 is 4.92 Å². The quantitative estimate of drug-likeness (QED) is 0.290. The first-order chi connectivity index (χ1) is 9.99. The van der Waals surface area contributed by atoms with E-state index >= 15 is 0 Å². The molecule has 3 N–H and O–H groups in total. The maximum atomic E-state index is 10.8. The highest BCUT2D eigenvalue weighted by Crippen LogP contribution is 2.21. The Labute approximate surface area is 116 Å². The lowest BCUT2D eigenvalue weighted by atomic mass is 10.3. The van der Waals surface area contributed by atoms with Gasteiger partial charge in [-0.2, -0.15) is 9.61 Å². The van der Waals surface area contributed by atoms with E-state index in [1.807, 2.05) is 0 Å². The highest BCUT2D eigenvalue weighted by molar-refractivity contribution is 5.93. The Balaban J connectivity index is 2.23. The number of fused-ring (bicyclic) bond motifs is 1. The summed E-state index contributed by atoms with van der Waals surface area (Å²) in [5.41, 5.74) is 6.45. The van der Waals surface area contributed by atoms with Gasteiger partial charge in [-0.15, -0.1) is 10.2 Å². The molecular formula is C10H9N9O2. The second-order valence-electron chi connectivity index (χ2n) is 4.19. The second kappa shape index (κ2) is 4.33. The molecule has 0 radical (unpaired) electrons. The molecule has 106 valence electrons. The Morgan fingerprint density at radius 3 is 2.81 bits per heavy atom. The minimum atomic E-state index is -0.596. The van der Waals surface area contributed by atoms with Crippen molar-refractivity contribution in [1.29, 1.82) is 5.41 Å². The predicted octanol–water partition coefficient (Wildman–Crippen LogP) is -0.283. The van der Waals surface area contributed by atoms with Crippen LogP contribution in [0.1, 0.15) is 5.69 Å². The first kappa shape index (κ1) is 12.7. The minimum Gasteiger partial charge on any atom is -0.390 e. The molecule has 0 aliphatic carbocycles. The standard InChI is InChI=1S/C10H9N9O2/c1-17-6(4-13-10(17)19(20)21)9-15-14-7-3-2-5(8(11)12)16-18(7)9/h2-4H,1H3,(H3,11,12). The first-order valence-corrected chi connectivity index (χ1v) is 5.72. The van der Waals surface area contributed by atoms with Crippen molar-refractivity contribution < 1.29 is 4.92 Å². The fourth-order valence-corrected chi connectivity index (χ4v) is 1.87. The molecular weight excluding hydrogens is 278 g/mol. The van der Waals surface area contributed by atoms with E-state index in [2.05, 4.69) is 20.3 Å². The Hall–Kier alpha value is -3.37. The molecule has 0 saturated carbocycles. The number of nitro groups is 1. The number of nitrogens with two attached hydrogens (primary N) is 1. The highest BCUT2D eigenvalue weighted by atomic mass is 16.6. The minimum absolute atomic E-state index is 0.201. The van der Waals surface area contributed by atoms with Gasteiger partial charge in [0, 0.05) is 0 Å². The maximum absolute atomic E-state index is 10.8. The summed E-state index contributed by atoms with van der Waals surface area (Å²) in [6.07, 6.45) is 1.32. The SMILES string of the molecule is Cn1c(-c2nnc3ccc(C(=N)N)nn23)cnc1[N+](=O)[O-]. The van der Waals surface area contributed by atoms with Crippen LogP contribution in [0.25, 0.3) is 17.2 Å². The Kier molecular flexibility index (Phi) is 2.61. The summed E-state index contributed by atoms with van der Waals surface area (Å²) >= 11 is 0. The molecule has 3 heterocycles. The molecule has 11 nitrogen and oxygen atoms in total. The Bertz CT molecular complexity index is 878. The number of hydrogen-bond donors (Lipinski definition) is 2. The van der Waals surface area contributed by atoms with E-state index in [-0.39, 0.29) is 23.3 Å². The fraction of sp³-hybridized carbons (Fsp3) is 0.100. The van der Waals surface area contributed by atoms with Crippen LogP contribution >= 0.6 is 0 Å². The molecule has 0 amide bonds. The number of nitrogens with zero attached hydrogens (tertiary/aromatic N) is 7. The molecule has 21 heavy (non-hydrogen) atoms. The smallest absolute Gasteiger partial charge is 0.390 e. The lowest BCUT2D eigenvalue weighted by molar-refractivity contribution is -0.396. The van der Waals surface area contributed by atoms with Crippen LogP contribution in [-0.2, 0) is 7.05 Å². The Morgan fingerprint density at radius 2 is 2.19 bits per heavy atom. The van der Waals surface area contributed by atoms with Crippen molar-refractivity contribution in [1.82, 2.24) is 29.4 Å². The van der Waals surface area contributed by atoms with Crippen molar-refractivity contribution in [3.63, 3.8) is 0 Å². The van der Waals surface area contributed by atoms with Crippen molar-refractivity contribution in [2.45, 2.75) is 0 Å². The number of hydrogen-bond acceptors (Lipinski definition) is 7. The number of nitrogens with one attached hydrogen (secondary N) is 1. The third-order valence-corrected chi connectivity index (χ3v) is 2.89. The van der Waals surface area contributed by atoms with Crippen LogP contribution in [0.15, 0.2) is 18.3 Å². The van der Waals surface area contributed by atoms with E-state index in [0.717, 1.165) is 0 Å². The van der Waals surface area contributed by atoms with Gasteiger partial charge in [-0.3, -0.25) is 5.41 Å². The zero-order valence-electron chi connectivity index (χ0n) is 10.8. The van der Waals surface area contributed by atoms with E-state index in [1.165, 1.54) is 22.3 Å². The monoisotopic (exact) mass is 287 g/mol. The summed E-state index contributed by atoms with van der Waals surface area (Å²) < 4.78 is 2.63. The summed E-state index contributed by atoms with van der Waals surface area (Å²) in [5.74, 6) is -0.242. The van der Waals surface area contributed by atoms with Gasteiger partial charge in [-0.25, -0.2) is 4.57 Å². The van der Waals surface area contributed by atoms with Crippen LogP contribution < -0.4 is 5.73 Å². The summed E-state index contributed by atoms with van der Waals surface area (Å²) in [6, 6.07) is 3.15. The van der Waals surface area contributed by atoms with Gasteiger partial charge in [0.1, 0.15) is 17.7 Å². The van der Waals surface area contributed by atoms with Crippen molar-refractivity contribution in [2.75, 3.05) is 0 Å². The fourth-order valence-electron chi connectivity index (χ4n) is 1.87. The van der Waals surface area contributed by atoms with Gasteiger partial charge < -0.3 is 15.8 Å². The molecule has 0 fully saturated rings. The third-order valence-electron chi connectivity index (χ3n) is 2.89. The van der Waals surface area contributed by atoms with Crippen LogP contribution in [0.4, 0.5) is 5.95 Å². The average molecular weight is 287 g/mol. The van der Waals surface area contributed by atoms with Gasteiger partial charge in [0.25, 0.3) is 0 Å². The molecule has 11 heteroatoms. The van der Waals surface area contributed by atoms with Crippen molar-refractivity contribution in [2.24, 2.45) is 12.8 Å². The molecule has 0 aliphatic heterocycles. The predicted molar refractivity (Wildman–Crippen MR) is 70.7 cm³/mol. The lowest BCUT2D eigenvalue weighted by Gasteiger charge is -2.00. The molecule has 0 saturated heterocycles. The first-order valence-electron chi connectivity index (χ1n) is 5.72. The molecule has 0 atom stereocenters. The molecule has 0 aromatic carbocycles. The molecule has 0 spiro atoms. The van der Waals surface area contributed by atoms with Gasteiger partial charge in [0.2, 0.25) is 5.82 Å². The topological polar surface area (TPSA) is 154 Å². The van der Waals surface area contributed by atoms with Crippen LogP contribution in [0, 0.1) is 15.5 Å². The van der Waals surface area contributed by atoms with Crippen molar-refractivity contribution >= 4 is 17.4 Å². The van der Waals surface area contributed by atoms with Crippen LogP contribution in [0.2, 0.25) is 0 Å². The van der Waals surface area contributed by atoms with Gasteiger partial charge >= 0.3 is 5.95 Å². The number of nitrogen functional groups attached to an aromatic ring is 1. The van der Waals surface area contributed by atoms with Gasteiger partial charge in [0.15, 0.2) is 11.3 Å². The van der Waals surface area contributed by atoms with Crippen LogP contribution in [-0.4, -0.2) is 40.1 Å². The molecule has 0 bridgehead atoms. The van der Waals surface area contributed by atoms with E-state index in [4.69, 9.17) is 11.1 Å². The summed E-state index contributed by atoms with van der Waals surface area (Å²) in [5, 5.41) is 30.2. The molecule has 3 aromatic rings. The van der Waals surface area contributed by atoms with Crippen molar-refractivity contribution in [3.05, 3.63) is 34.1 Å². The number of imidazole rings is 1. The number of rotatable bonds is 3. The molecule has 3 rings (SSSR count). The van der Waals surface area contributed by atoms with Crippen LogP contribution in [0.3, 0.4) is 0 Å². The summed E-state index contributed by atoms with van der Waals surface area (Å²) in [6.45, 7) is 0. The zero-order valence-corrected chi connectivity index (χ0v) is 10.8. The van der Waals surface area contributed by atoms with Crippen LogP contribution in [0.5, 0.6) is 0 Å². The average Bonchev–Trinajstić information content (AvgIpc) is 3.01. The summed E-state index contributed by atoms with van der Waals surface area (Å²) in [4.78, 5) is 14.0. The third kappa shape index (κ3) is 1.87. The maximum Gasteiger partial charge on any atom is 0.434 e. The van der Waals surface area contributed by atoms with Gasteiger partial charge in [0.05, 0.1) is 7.05 Å². The van der Waals surface area contributed by atoms with Crippen molar-refractivity contribution in [3.8, 4) is 11.5 Å². The van der Waals surface area contributed by atoms with Gasteiger partial charge in [-0.1, -0.05) is 4.98 Å².